The predicted octanol–water partition coefficient (Wildman–Crippen LogP) is 4.69. The minimum Gasteiger partial charge on any atom is -0.369 e. The Hall–Kier alpha value is -3.23. The van der Waals surface area contributed by atoms with Crippen LogP contribution in [0.5, 0.6) is 0 Å². The summed E-state index contributed by atoms with van der Waals surface area (Å²) in [6, 6.07) is 5.07. The van der Waals surface area contributed by atoms with Gasteiger partial charge in [0.25, 0.3) is 5.91 Å². The van der Waals surface area contributed by atoms with Crippen LogP contribution in [-0.4, -0.2) is 83.3 Å². The molecule has 4 fully saturated rings. The molecule has 2 unspecified atom stereocenters. The number of carbonyl (C=O) groups is 3. The Kier molecular flexibility index (Phi) is 14.0. The molecule has 1 aliphatic carbocycles. The van der Waals surface area contributed by atoms with Crippen LogP contribution in [0.25, 0.3) is 10.1 Å². The van der Waals surface area contributed by atoms with Gasteiger partial charge < -0.3 is 35.4 Å². The van der Waals surface area contributed by atoms with Crippen molar-refractivity contribution in [3.63, 3.8) is 0 Å². The number of aromatic nitrogens is 2. The van der Waals surface area contributed by atoms with E-state index in [1.165, 1.54) is 75.9 Å². The lowest BCUT2D eigenvalue weighted by molar-refractivity contribution is -0.132. The van der Waals surface area contributed by atoms with E-state index in [1.807, 2.05) is 33.3 Å². The summed E-state index contributed by atoms with van der Waals surface area (Å²) in [5.41, 5.74) is 1.23. The van der Waals surface area contributed by atoms with Gasteiger partial charge in [0.1, 0.15) is 6.79 Å². The number of carbonyl (C=O) groups excluding carboxylic acids is 3. The number of anilines is 1. The fraction of sp³-hybridized carbons (Fsp3) is 0.548. The van der Waals surface area contributed by atoms with Crippen molar-refractivity contribution in [2.45, 2.75) is 63.1 Å². The van der Waals surface area contributed by atoms with Crippen molar-refractivity contribution in [2.24, 2.45) is 17.6 Å². The lowest BCUT2D eigenvalue weighted by atomic mass is 10.0. The number of benzene rings is 1. The quantitative estimate of drug-likeness (QED) is 0.242. The van der Waals surface area contributed by atoms with Crippen molar-refractivity contribution in [2.75, 3.05) is 38.6 Å². The number of H-pyrrole nitrogens is 1. The molecule has 1 aromatic carbocycles. The zero-order chi connectivity index (χ0) is 34.8. The second-order valence-electron chi connectivity index (χ2n) is 11.9. The zero-order valence-electron chi connectivity index (χ0n) is 26.7. The first-order valence-electron chi connectivity index (χ1n) is 15.5. The SMILES string of the molecule is C=O.CNC.NC(=O)c1cc2cc(C(F)(F)P(=O)(O)O)ccc2s1.O=C1CCC2CC2C[C@H]2CCCN12.c1n[nH]cc1N1CCCC1. The summed E-state index contributed by atoms with van der Waals surface area (Å²) in [5, 5.41) is 9.75. The Labute approximate surface area is 277 Å². The lowest BCUT2D eigenvalue weighted by Crippen LogP contribution is -2.36. The maximum Gasteiger partial charge on any atom is 0.399 e. The van der Waals surface area contributed by atoms with Crippen molar-refractivity contribution < 1.29 is 37.5 Å². The smallest absolute Gasteiger partial charge is 0.369 e. The predicted molar refractivity (Wildman–Crippen MR) is 179 cm³/mol. The summed E-state index contributed by atoms with van der Waals surface area (Å²) >= 11 is 1.02. The Bertz CT molecular complexity index is 1500. The molecule has 0 bridgehead atoms. The van der Waals surface area contributed by atoms with E-state index >= 15 is 0 Å². The summed E-state index contributed by atoms with van der Waals surface area (Å²) in [6.45, 7) is 5.43. The molecule has 3 saturated heterocycles. The number of alkyl halides is 2. The average molecular weight is 699 g/mol. The van der Waals surface area contributed by atoms with E-state index in [-0.39, 0.29) is 10.3 Å². The first-order valence-corrected chi connectivity index (χ1v) is 18.0. The number of halogens is 2. The van der Waals surface area contributed by atoms with Gasteiger partial charge in [-0.05, 0) is 94.5 Å². The monoisotopic (exact) mass is 698 g/mol. The number of nitrogens with zero attached hydrogens (tertiary/aromatic N) is 3. The summed E-state index contributed by atoms with van der Waals surface area (Å²) < 4.78 is 38.3. The maximum atomic E-state index is 13.5. The van der Waals surface area contributed by atoms with Gasteiger partial charge in [-0.1, -0.05) is 6.07 Å². The van der Waals surface area contributed by atoms with E-state index in [0.717, 1.165) is 48.3 Å². The molecule has 0 radical (unpaired) electrons. The zero-order valence-corrected chi connectivity index (χ0v) is 28.5. The van der Waals surface area contributed by atoms with Gasteiger partial charge >= 0.3 is 13.3 Å². The number of hydrogen-bond donors (Lipinski definition) is 5. The number of fused-ring (bicyclic) bond motifs is 3. The summed E-state index contributed by atoms with van der Waals surface area (Å²) in [5.74, 6) is 1.66. The topological polar surface area (TPSA) is 182 Å². The Morgan fingerprint density at radius 3 is 2.38 bits per heavy atom. The van der Waals surface area contributed by atoms with Crippen LogP contribution < -0.4 is 16.0 Å². The molecule has 1 saturated carbocycles. The highest BCUT2D eigenvalue weighted by atomic mass is 32.1. The average Bonchev–Trinajstić information content (AvgIpc) is 3.65. The number of nitrogens with one attached hydrogen (secondary N) is 2. The molecule has 7 rings (SSSR count). The Morgan fingerprint density at radius 2 is 1.79 bits per heavy atom. The standard InChI is InChI=1S/C11H17NO.C10H8F2NO4PS.C7H11N3.C2H7N.CH2O/c13-11-4-3-8-6-9(8)7-10-2-1-5-12(10)11;11-10(12,18(15,16)17)6-1-2-7-5(3-6)4-8(19-7)9(13)14;1-2-4-10(3-1)7-5-8-9-6-7;1-3-2;1-2/h8-10H,1-7H2;1-4H,(H2,13,14)(H2,15,16,17);5-6H,1-4H2,(H,8,9);3H,1-2H3;1H2/t8?,9?,10-;;;;/m1..../s1. The van der Waals surface area contributed by atoms with Crippen molar-refractivity contribution in [3.8, 4) is 0 Å². The number of thiophene rings is 1. The molecule has 3 aliphatic heterocycles. The van der Waals surface area contributed by atoms with Crippen LogP contribution in [0.4, 0.5) is 14.5 Å². The minimum atomic E-state index is -5.60. The van der Waals surface area contributed by atoms with Crippen LogP contribution in [0, 0.1) is 11.8 Å². The molecule has 12 nitrogen and oxygen atoms in total. The van der Waals surface area contributed by atoms with E-state index in [9.17, 15) is 22.9 Å². The molecule has 2 aromatic heterocycles. The van der Waals surface area contributed by atoms with Crippen molar-refractivity contribution in [1.29, 1.82) is 0 Å². The molecular formula is C31H45F2N6O6PS. The van der Waals surface area contributed by atoms with Crippen LogP contribution in [-0.2, 0) is 19.8 Å². The number of aromatic amines is 1. The fourth-order valence-corrected chi connectivity index (χ4v) is 7.45. The molecular weight excluding hydrogens is 653 g/mol. The van der Waals surface area contributed by atoms with Gasteiger partial charge in [0.05, 0.1) is 16.8 Å². The van der Waals surface area contributed by atoms with Crippen molar-refractivity contribution >= 4 is 53.3 Å². The van der Waals surface area contributed by atoms with Crippen molar-refractivity contribution in [3.05, 3.63) is 47.1 Å². The van der Waals surface area contributed by atoms with E-state index in [2.05, 4.69) is 25.3 Å². The second kappa shape index (κ2) is 17.3. The molecule has 4 aliphatic rings. The van der Waals surface area contributed by atoms with Gasteiger partial charge in [-0.3, -0.25) is 19.3 Å². The third-order valence-electron chi connectivity index (χ3n) is 8.50. The summed E-state index contributed by atoms with van der Waals surface area (Å²) in [4.78, 5) is 52.7. The molecule has 2 amide bonds. The first-order chi connectivity index (χ1) is 22.3. The highest BCUT2D eigenvalue weighted by Gasteiger charge is 2.50. The molecule has 3 aromatic rings. The van der Waals surface area contributed by atoms with E-state index in [0.29, 0.717) is 16.6 Å². The maximum absolute atomic E-state index is 13.5. The first kappa shape index (κ1) is 38.2. The van der Waals surface area contributed by atoms with Crippen LogP contribution in [0.3, 0.4) is 0 Å². The van der Waals surface area contributed by atoms with Crippen LogP contribution in [0.2, 0.25) is 0 Å². The van der Waals surface area contributed by atoms with E-state index in [1.54, 1.807) is 0 Å². The number of nitrogens with two attached hydrogens (primary N) is 1. The number of amides is 2. The fourth-order valence-electron chi connectivity index (χ4n) is 6.08. The van der Waals surface area contributed by atoms with E-state index in [4.69, 9.17) is 20.3 Å². The van der Waals surface area contributed by atoms with Crippen molar-refractivity contribution in [1.82, 2.24) is 20.4 Å². The van der Waals surface area contributed by atoms with Gasteiger partial charge in [-0.2, -0.15) is 13.9 Å². The number of primary amides is 1. The molecule has 6 N–H and O–H groups in total. The summed E-state index contributed by atoms with van der Waals surface area (Å²) in [7, 11) is -1.85. The van der Waals surface area contributed by atoms with Gasteiger partial charge in [0, 0.05) is 48.6 Å². The summed E-state index contributed by atoms with van der Waals surface area (Å²) in [6.07, 6.45) is 13.7. The third kappa shape index (κ3) is 10.1. The normalized spacial score (nSPS) is 21.6. The van der Waals surface area contributed by atoms with Gasteiger partial charge in [0.2, 0.25) is 5.91 Å². The van der Waals surface area contributed by atoms with Crippen LogP contribution >= 0.6 is 18.9 Å². The third-order valence-corrected chi connectivity index (χ3v) is 10.6. The lowest BCUT2D eigenvalue weighted by Gasteiger charge is -2.26. The van der Waals surface area contributed by atoms with Gasteiger partial charge in [-0.25, -0.2) is 0 Å². The highest BCUT2D eigenvalue weighted by Crippen LogP contribution is 2.59. The molecule has 260 valence electrons. The molecule has 3 atom stereocenters. The molecule has 0 spiro atoms. The second-order valence-corrected chi connectivity index (χ2v) is 14.6. The number of rotatable bonds is 4. The minimum absolute atomic E-state index is 0.187. The Morgan fingerprint density at radius 1 is 1.11 bits per heavy atom. The largest absolute Gasteiger partial charge is 0.399 e. The molecule has 47 heavy (non-hydrogen) atoms. The van der Waals surface area contributed by atoms with Gasteiger partial charge in [-0.15, -0.1) is 11.3 Å². The van der Waals surface area contributed by atoms with Crippen LogP contribution in [0.15, 0.2) is 36.7 Å². The number of hydrogen-bond acceptors (Lipinski definition) is 8. The molecule has 5 heterocycles. The molecule has 16 heteroatoms. The van der Waals surface area contributed by atoms with Crippen LogP contribution in [0.1, 0.15) is 66.6 Å². The Balaban J connectivity index is 0.000000186. The van der Waals surface area contributed by atoms with E-state index < -0.39 is 24.7 Å². The van der Waals surface area contributed by atoms with Gasteiger partial charge in [0.15, 0.2) is 0 Å². The highest BCUT2D eigenvalue weighted by molar-refractivity contribution is 7.52.